The molecule has 3 aromatic rings. The maximum atomic E-state index is 5.74. The van der Waals surface area contributed by atoms with Crippen LogP contribution < -0.4 is 5.73 Å². The van der Waals surface area contributed by atoms with Gasteiger partial charge in [-0.05, 0) is 17.9 Å². The van der Waals surface area contributed by atoms with Crippen LogP contribution in [0.15, 0.2) is 22.9 Å². The zero-order valence-corrected chi connectivity index (χ0v) is 12.9. The van der Waals surface area contributed by atoms with Gasteiger partial charge in [-0.25, -0.2) is 9.97 Å². The first kappa shape index (κ1) is 12.8. The molecule has 0 unspecified atom stereocenters. The minimum absolute atomic E-state index is 0.614. The van der Waals surface area contributed by atoms with E-state index in [9.17, 15) is 0 Å². The molecule has 0 amide bonds. The van der Waals surface area contributed by atoms with Gasteiger partial charge in [-0.2, -0.15) is 0 Å². The molecular formula is C13H13N3S3. The standard InChI is InChI=1S/C13H13N3S3/c1-2-4-8-11(9-7-18-13(14)16-9)19-12(15-8)10-5-3-6-17-10/h3,5-7H,2,4H2,1H3,(H2,14,16). The summed E-state index contributed by atoms with van der Waals surface area (Å²) in [5.74, 6) is 0. The smallest absolute Gasteiger partial charge is 0.180 e. The van der Waals surface area contributed by atoms with Crippen LogP contribution in [0.4, 0.5) is 5.13 Å². The number of nitrogens with zero attached hydrogens (tertiary/aromatic N) is 2. The number of aromatic nitrogens is 2. The molecule has 3 heterocycles. The number of nitrogens with two attached hydrogens (primary N) is 1. The Balaban J connectivity index is 2.07. The lowest BCUT2D eigenvalue weighted by Crippen LogP contribution is -1.88. The number of thiophene rings is 1. The molecule has 0 spiro atoms. The molecule has 3 aromatic heterocycles. The van der Waals surface area contributed by atoms with Gasteiger partial charge in [0.2, 0.25) is 0 Å². The molecule has 0 atom stereocenters. The second kappa shape index (κ2) is 5.40. The first-order valence-electron chi connectivity index (χ1n) is 6.03. The van der Waals surface area contributed by atoms with E-state index in [-0.39, 0.29) is 0 Å². The van der Waals surface area contributed by atoms with Gasteiger partial charge in [-0.3, -0.25) is 0 Å². The summed E-state index contributed by atoms with van der Waals surface area (Å²) in [5.41, 5.74) is 7.84. The molecular weight excluding hydrogens is 294 g/mol. The van der Waals surface area contributed by atoms with E-state index in [1.165, 1.54) is 21.1 Å². The van der Waals surface area contributed by atoms with Crippen molar-refractivity contribution in [2.75, 3.05) is 5.73 Å². The van der Waals surface area contributed by atoms with Gasteiger partial charge in [0.1, 0.15) is 5.01 Å². The Morgan fingerprint density at radius 1 is 1.26 bits per heavy atom. The Morgan fingerprint density at radius 2 is 2.16 bits per heavy atom. The van der Waals surface area contributed by atoms with E-state index < -0.39 is 0 Å². The summed E-state index contributed by atoms with van der Waals surface area (Å²) in [6, 6.07) is 4.17. The monoisotopic (exact) mass is 307 g/mol. The fourth-order valence-corrected chi connectivity index (χ4v) is 4.35. The Kier molecular flexibility index (Phi) is 3.63. The van der Waals surface area contributed by atoms with E-state index in [4.69, 9.17) is 10.7 Å². The van der Waals surface area contributed by atoms with Gasteiger partial charge < -0.3 is 5.73 Å². The van der Waals surface area contributed by atoms with Crippen molar-refractivity contribution in [1.82, 2.24) is 9.97 Å². The van der Waals surface area contributed by atoms with E-state index in [1.807, 2.05) is 5.38 Å². The Hall–Kier alpha value is -1.24. The van der Waals surface area contributed by atoms with Crippen molar-refractivity contribution in [3.05, 3.63) is 28.6 Å². The van der Waals surface area contributed by atoms with E-state index in [0.717, 1.165) is 29.2 Å². The van der Waals surface area contributed by atoms with Crippen molar-refractivity contribution >= 4 is 39.1 Å². The van der Waals surface area contributed by atoms with Crippen LogP contribution in [-0.4, -0.2) is 9.97 Å². The van der Waals surface area contributed by atoms with E-state index in [0.29, 0.717) is 5.13 Å². The highest BCUT2D eigenvalue weighted by Crippen LogP contribution is 2.38. The number of hydrogen-bond acceptors (Lipinski definition) is 6. The van der Waals surface area contributed by atoms with Gasteiger partial charge in [0.25, 0.3) is 0 Å². The predicted molar refractivity (Wildman–Crippen MR) is 84.9 cm³/mol. The van der Waals surface area contributed by atoms with Gasteiger partial charge >= 0.3 is 0 Å². The number of thiazole rings is 2. The molecule has 2 N–H and O–H groups in total. The van der Waals surface area contributed by atoms with Gasteiger partial charge in [0.05, 0.1) is 21.1 Å². The molecule has 0 saturated heterocycles. The first-order valence-corrected chi connectivity index (χ1v) is 8.60. The Labute approximate surface area is 123 Å². The topological polar surface area (TPSA) is 51.8 Å². The van der Waals surface area contributed by atoms with Crippen molar-refractivity contribution < 1.29 is 0 Å². The molecule has 6 heteroatoms. The molecule has 3 rings (SSSR count). The van der Waals surface area contributed by atoms with Crippen LogP contribution in [0.3, 0.4) is 0 Å². The first-order chi connectivity index (χ1) is 9.28. The van der Waals surface area contributed by atoms with Crippen LogP contribution in [0.5, 0.6) is 0 Å². The third-order valence-electron chi connectivity index (χ3n) is 2.67. The molecule has 0 aromatic carbocycles. The third kappa shape index (κ3) is 2.56. The molecule has 0 aliphatic rings. The van der Waals surface area contributed by atoms with E-state index in [1.54, 1.807) is 22.7 Å². The van der Waals surface area contributed by atoms with E-state index >= 15 is 0 Å². The van der Waals surface area contributed by atoms with Crippen molar-refractivity contribution in [3.8, 4) is 20.5 Å². The minimum atomic E-state index is 0.614. The van der Waals surface area contributed by atoms with Crippen molar-refractivity contribution in [1.29, 1.82) is 0 Å². The molecule has 3 nitrogen and oxygen atoms in total. The largest absolute Gasteiger partial charge is 0.375 e. The van der Waals surface area contributed by atoms with E-state index in [2.05, 4.69) is 29.4 Å². The summed E-state index contributed by atoms with van der Waals surface area (Å²) in [7, 11) is 0. The average molecular weight is 307 g/mol. The maximum absolute atomic E-state index is 5.74. The highest BCUT2D eigenvalue weighted by atomic mass is 32.1. The molecule has 98 valence electrons. The lowest BCUT2D eigenvalue weighted by atomic mass is 10.2. The lowest BCUT2D eigenvalue weighted by Gasteiger charge is -1.95. The van der Waals surface area contributed by atoms with Crippen LogP contribution in [0.1, 0.15) is 19.0 Å². The van der Waals surface area contributed by atoms with Crippen LogP contribution in [0, 0.1) is 0 Å². The summed E-state index contributed by atoms with van der Waals surface area (Å²) in [5, 5.41) is 5.79. The number of hydrogen-bond donors (Lipinski definition) is 1. The fraction of sp³-hybridized carbons (Fsp3) is 0.231. The summed E-state index contributed by atoms with van der Waals surface area (Å²) in [4.78, 5) is 11.6. The molecule has 0 aliphatic heterocycles. The molecule has 0 fully saturated rings. The fourth-order valence-electron chi connectivity index (χ4n) is 1.86. The van der Waals surface area contributed by atoms with Crippen molar-refractivity contribution in [3.63, 3.8) is 0 Å². The third-order valence-corrected chi connectivity index (χ3v) is 5.50. The second-order valence-electron chi connectivity index (χ2n) is 4.09. The Morgan fingerprint density at radius 3 is 2.79 bits per heavy atom. The molecule has 19 heavy (non-hydrogen) atoms. The zero-order valence-electron chi connectivity index (χ0n) is 10.4. The minimum Gasteiger partial charge on any atom is -0.375 e. The number of nitrogen functional groups attached to an aromatic ring is 1. The van der Waals surface area contributed by atoms with Gasteiger partial charge in [0.15, 0.2) is 5.13 Å². The van der Waals surface area contributed by atoms with Gasteiger partial charge in [0, 0.05) is 5.38 Å². The van der Waals surface area contributed by atoms with Crippen molar-refractivity contribution in [2.45, 2.75) is 19.8 Å². The Bertz CT molecular complexity index is 667. The molecule has 0 saturated carbocycles. The van der Waals surface area contributed by atoms with Crippen molar-refractivity contribution in [2.24, 2.45) is 0 Å². The van der Waals surface area contributed by atoms with Crippen LogP contribution in [-0.2, 0) is 6.42 Å². The summed E-state index contributed by atoms with van der Waals surface area (Å²) < 4.78 is 0. The number of rotatable bonds is 4. The maximum Gasteiger partial charge on any atom is 0.180 e. The summed E-state index contributed by atoms with van der Waals surface area (Å²) >= 11 is 4.91. The SMILES string of the molecule is CCCc1nc(-c2cccs2)sc1-c1csc(N)n1. The highest BCUT2D eigenvalue weighted by molar-refractivity contribution is 7.23. The molecule has 0 bridgehead atoms. The second-order valence-corrected chi connectivity index (χ2v) is 6.93. The lowest BCUT2D eigenvalue weighted by molar-refractivity contribution is 0.895. The number of aryl methyl sites for hydroxylation is 1. The van der Waals surface area contributed by atoms with Crippen LogP contribution >= 0.6 is 34.0 Å². The number of anilines is 1. The quantitative estimate of drug-likeness (QED) is 0.770. The average Bonchev–Trinajstić information content (AvgIpc) is 3.08. The van der Waals surface area contributed by atoms with Gasteiger partial charge in [-0.1, -0.05) is 19.4 Å². The summed E-state index contributed by atoms with van der Waals surface area (Å²) in [6.45, 7) is 2.17. The van der Waals surface area contributed by atoms with Gasteiger partial charge in [-0.15, -0.1) is 34.0 Å². The molecule has 0 aliphatic carbocycles. The normalized spacial score (nSPS) is 11.0. The van der Waals surface area contributed by atoms with Crippen LogP contribution in [0.25, 0.3) is 20.5 Å². The highest BCUT2D eigenvalue weighted by Gasteiger charge is 2.16. The van der Waals surface area contributed by atoms with Crippen LogP contribution in [0.2, 0.25) is 0 Å². The molecule has 0 radical (unpaired) electrons. The summed E-state index contributed by atoms with van der Waals surface area (Å²) in [6.07, 6.45) is 2.06. The zero-order chi connectivity index (χ0) is 13.2. The predicted octanol–water partition coefficient (Wildman–Crippen LogP) is 4.53.